The SMILES string of the molecule is Cc1ccc(C)c([C@H](C)NC(=O)COc2ccc3ccccc3c2)c1. The summed E-state index contributed by atoms with van der Waals surface area (Å²) < 4.78 is 5.65. The zero-order chi connectivity index (χ0) is 17.8. The van der Waals surface area contributed by atoms with Crippen molar-refractivity contribution in [1.29, 1.82) is 0 Å². The molecule has 0 saturated heterocycles. The standard InChI is InChI=1S/C22H23NO2/c1-15-8-9-16(2)21(12-15)17(3)23-22(24)14-25-20-11-10-18-6-4-5-7-19(18)13-20/h4-13,17H,14H2,1-3H3,(H,23,24)/t17-/m0/s1. The van der Waals surface area contributed by atoms with E-state index in [0.717, 1.165) is 16.3 Å². The molecule has 0 aromatic heterocycles. The number of hydrogen-bond acceptors (Lipinski definition) is 2. The third kappa shape index (κ3) is 4.18. The quantitative estimate of drug-likeness (QED) is 0.734. The van der Waals surface area contributed by atoms with Crippen LogP contribution in [0.4, 0.5) is 0 Å². The van der Waals surface area contributed by atoms with Crippen molar-refractivity contribution in [3.05, 3.63) is 77.4 Å². The molecule has 3 aromatic carbocycles. The molecule has 0 bridgehead atoms. The van der Waals surface area contributed by atoms with E-state index in [1.807, 2.05) is 43.3 Å². The number of aryl methyl sites for hydroxylation is 2. The van der Waals surface area contributed by atoms with Crippen LogP contribution in [0.2, 0.25) is 0 Å². The summed E-state index contributed by atoms with van der Waals surface area (Å²) in [4.78, 5) is 12.2. The zero-order valence-corrected chi connectivity index (χ0v) is 14.9. The predicted molar refractivity (Wildman–Crippen MR) is 102 cm³/mol. The number of fused-ring (bicyclic) bond motifs is 1. The molecule has 0 unspecified atom stereocenters. The molecule has 0 aliphatic rings. The highest BCUT2D eigenvalue weighted by Crippen LogP contribution is 2.21. The molecule has 0 saturated carbocycles. The van der Waals surface area contributed by atoms with Crippen LogP contribution in [-0.4, -0.2) is 12.5 Å². The molecule has 0 aliphatic heterocycles. The second-order valence-electron chi connectivity index (χ2n) is 6.45. The van der Waals surface area contributed by atoms with Crippen LogP contribution in [0.3, 0.4) is 0 Å². The maximum atomic E-state index is 12.2. The Morgan fingerprint density at radius 3 is 2.56 bits per heavy atom. The maximum Gasteiger partial charge on any atom is 0.258 e. The molecule has 0 fully saturated rings. The van der Waals surface area contributed by atoms with Gasteiger partial charge in [0.15, 0.2) is 6.61 Å². The predicted octanol–water partition coefficient (Wildman–Crippen LogP) is 4.71. The van der Waals surface area contributed by atoms with E-state index in [-0.39, 0.29) is 18.6 Å². The number of carbonyl (C=O) groups excluding carboxylic acids is 1. The molecule has 3 heteroatoms. The van der Waals surface area contributed by atoms with Gasteiger partial charge in [0, 0.05) is 0 Å². The summed E-state index contributed by atoms with van der Waals surface area (Å²) in [5, 5.41) is 5.26. The first-order valence-corrected chi connectivity index (χ1v) is 8.51. The molecule has 25 heavy (non-hydrogen) atoms. The van der Waals surface area contributed by atoms with E-state index >= 15 is 0 Å². The lowest BCUT2D eigenvalue weighted by Gasteiger charge is -2.17. The lowest BCUT2D eigenvalue weighted by atomic mass is 10.00. The average Bonchev–Trinajstić information content (AvgIpc) is 2.61. The van der Waals surface area contributed by atoms with Gasteiger partial charge in [-0.25, -0.2) is 0 Å². The van der Waals surface area contributed by atoms with E-state index in [4.69, 9.17) is 4.74 Å². The fraction of sp³-hybridized carbons (Fsp3) is 0.227. The number of amides is 1. The molecule has 1 N–H and O–H groups in total. The van der Waals surface area contributed by atoms with Crippen LogP contribution < -0.4 is 10.1 Å². The number of nitrogens with one attached hydrogen (secondary N) is 1. The van der Waals surface area contributed by atoms with Gasteiger partial charge in [0.25, 0.3) is 5.91 Å². The Bertz CT molecular complexity index is 901. The summed E-state index contributed by atoms with van der Waals surface area (Å²) >= 11 is 0. The van der Waals surface area contributed by atoms with Crippen LogP contribution in [0.15, 0.2) is 60.7 Å². The Morgan fingerprint density at radius 2 is 1.76 bits per heavy atom. The molecule has 1 atom stereocenters. The van der Waals surface area contributed by atoms with Crippen molar-refractivity contribution in [2.24, 2.45) is 0 Å². The van der Waals surface area contributed by atoms with E-state index < -0.39 is 0 Å². The molecule has 3 aromatic rings. The first kappa shape index (κ1) is 17.0. The summed E-state index contributed by atoms with van der Waals surface area (Å²) in [5.41, 5.74) is 3.50. The summed E-state index contributed by atoms with van der Waals surface area (Å²) in [5.74, 6) is 0.579. The molecule has 3 nitrogen and oxygen atoms in total. The molecule has 0 aliphatic carbocycles. The Kier molecular flexibility index (Phi) is 5.03. The van der Waals surface area contributed by atoms with Crippen LogP contribution in [0.25, 0.3) is 10.8 Å². The zero-order valence-electron chi connectivity index (χ0n) is 14.9. The van der Waals surface area contributed by atoms with Crippen LogP contribution in [0, 0.1) is 13.8 Å². The molecule has 0 radical (unpaired) electrons. The molecule has 3 rings (SSSR count). The third-order valence-electron chi connectivity index (χ3n) is 4.37. The number of carbonyl (C=O) groups is 1. The van der Waals surface area contributed by atoms with Crippen molar-refractivity contribution in [2.75, 3.05) is 6.61 Å². The fourth-order valence-electron chi connectivity index (χ4n) is 2.99. The van der Waals surface area contributed by atoms with Gasteiger partial charge in [-0.05, 0) is 54.8 Å². The van der Waals surface area contributed by atoms with E-state index in [9.17, 15) is 4.79 Å². The Labute approximate surface area is 148 Å². The minimum atomic E-state index is -0.124. The normalized spacial score (nSPS) is 12.0. The van der Waals surface area contributed by atoms with Gasteiger partial charge in [0.2, 0.25) is 0 Å². The van der Waals surface area contributed by atoms with Crippen molar-refractivity contribution in [3.63, 3.8) is 0 Å². The van der Waals surface area contributed by atoms with Gasteiger partial charge in [-0.1, -0.05) is 54.1 Å². The van der Waals surface area contributed by atoms with Gasteiger partial charge >= 0.3 is 0 Å². The van der Waals surface area contributed by atoms with Crippen molar-refractivity contribution in [1.82, 2.24) is 5.32 Å². The van der Waals surface area contributed by atoms with Gasteiger partial charge in [-0.15, -0.1) is 0 Å². The van der Waals surface area contributed by atoms with E-state index in [2.05, 4.69) is 43.4 Å². The van der Waals surface area contributed by atoms with Gasteiger partial charge in [0.1, 0.15) is 5.75 Å². The third-order valence-corrected chi connectivity index (χ3v) is 4.37. The Hall–Kier alpha value is -2.81. The molecular weight excluding hydrogens is 310 g/mol. The molecule has 0 heterocycles. The highest BCUT2D eigenvalue weighted by atomic mass is 16.5. The van der Waals surface area contributed by atoms with Gasteiger partial charge < -0.3 is 10.1 Å². The monoisotopic (exact) mass is 333 g/mol. The highest BCUT2D eigenvalue weighted by Gasteiger charge is 2.12. The van der Waals surface area contributed by atoms with Gasteiger partial charge in [-0.2, -0.15) is 0 Å². The Morgan fingerprint density at radius 1 is 1.00 bits per heavy atom. The largest absolute Gasteiger partial charge is 0.484 e. The van der Waals surface area contributed by atoms with Crippen LogP contribution in [0.5, 0.6) is 5.75 Å². The van der Waals surface area contributed by atoms with Crippen molar-refractivity contribution >= 4 is 16.7 Å². The van der Waals surface area contributed by atoms with Crippen LogP contribution in [-0.2, 0) is 4.79 Å². The van der Waals surface area contributed by atoms with Gasteiger partial charge in [0.05, 0.1) is 6.04 Å². The van der Waals surface area contributed by atoms with E-state index in [1.165, 1.54) is 11.1 Å². The number of hydrogen-bond donors (Lipinski definition) is 1. The highest BCUT2D eigenvalue weighted by molar-refractivity contribution is 5.84. The smallest absolute Gasteiger partial charge is 0.258 e. The lowest BCUT2D eigenvalue weighted by Crippen LogP contribution is -2.31. The van der Waals surface area contributed by atoms with Crippen molar-refractivity contribution < 1.29 is 9.53 Å². The maximum absolute atomic E-state index is 12.2. The van der Waals surface area contributed by atoms with E-state index in [0.29, 0.717) is 5.75 Å². The number of ether oxygens (including phenoxy) is 1. The second kappa shape index (κ2) is 7.39. The minimum absolute atomic E-state index is 0.00748. The topological polar surface area (TPSA) is 38.3 Å². The van der Waals surface area contributed by atoms with E-state index in [1.54, 1.807) is 0 Å². The second-order valence-corrected chi connectivity index (χ2v) is 6.45. The van der Waals surface area contributed by atoms with Crippen LogP contribution >= 0.6 is 0 Å². The Balaban J connectivity index is 1.61. The van der Waals surface area contributed by atoms with Gasteiger partial charge in [-0.3, -0.25) is 4.79 Å². The number of benzene rings is 3. The minimum Gasteiger partial charge on any atom is -0.484 e. The van der Waals surface area contributed by atoms with Crippen LogP contribution in [0.1, 0.15) is 29.7 Å². The summed E-state index contributed by atoms with van der Waals surface area (Å²) in [7, 11) is 0. The average molecular weight is 333 g/mol. The van der Waals surface area contributed by atoms with Crippen molar-refractivity contribution in [3.8, 4) is 5.75 Å². The molecule has 128 valence electrons. The first-order valence-electron chi connectivity index (χ1n) is 8.51. The summed E-state index contributed by atoms with van der Waals surface area (Å²) in [6, 6.07) is 20.2. The molecule has 0 spiro atoms. The first-order chi connectivity index (χ1) is 12.0. The fourth-order valence-corrected chi connectivity index (χ4v) is 2.99. The molecular formula is C22H23NO2. The number of rotatable bonds is 5. The summed E-state index contributed by atoms with van der Waals surface area (Å²) in [6.45, 7) is 6.12. The lowest BCUT2D eigenvalue weighted by molar-refractivity contribution is -0.123. The van der Waals surface area contributed by atoms with Crippen molar-refractivity contribution in [2.45, 2.75) is 26.8 Å². The summed E-state index contributed by atoms with van der Waals surface area (Å²) in [6.07, 6.45) is 0. The molecule has 1 amide bonds.